The summed E-state index contributed by atoms with van der Waals surface area (Å²) in [5.41, 5.74) is -0.00904. The van der Waals surface area contributed by atoms with Crippen molar-refractivity contribution in [1.82, 2.24) is 14.8 Å². The summed E-state index contributed by atoms with van der Waals surface area (Å²) in [7, 11) is 0. The monoisotopic (exact) mass is 422 g/mol. The predicted octanol–water partition coefficient (Wildman–Crippen LogP) is 4.33. The highest BCUT2D eigenvalue weighted by molar-refractivity contribution is 5.95. The van der Waals surface area contributed by atoms with Crippen molar-refractivity contribution >= 4 is 22.6 Å². The molecular formula is C19H11F5N4O2. The Labute approximate surface area is 164 Å². The lowest BCUT2D eigenvalue weighted by molar-refractivity contribution is -0.116. The molecule has 1 amide bonds. The third kappa shape index (κ3) is 3.08. The standard InChI is InChI=1S/C19H11F5N4O2/c1-8-12-9(10-3-2-6-30-10)4-5-25-19(12)28(27-8)7-11(29)26-18-16(23)14(21)13(20)15(22)17(18)24/h2-6H,7H2,1H3,(H,26,29). The predicted molar refractivity (Wildman–Crippen MR) is 94.8 cm³/mol. The fourth-order valence-corrected chi connectivity index (χ4v) is 3.06. The average Bonchev–Trinajstić information content (AvgIpc) is 3.37. The highest BCUT2D eigenvalue weighted by atomic mass is 19.2. The van der Waals surface area contributed by atoms with Crippen LogP contribution in [0.5, 0.6) is 0 Å². The van der Waals surface area contributed by atoms with Gasteiger partial charge in [-0.25, -0.2) is 31.6 Å². The Balaban J connectivity index is 1.68. The van der Waals surface area contributed by atoms with Gasteiger partial charge in [0, 0.05) is 11.8 Å². The van der Waals surface area contributed by atoms with Crippen LogP contribution >= 0.6 is 0 Å². The Morgan fingerprint density at radius 2 is 1.73 bits per heavy atom. The van der Waals surface area contributed by atoms with Crippen molar-refractivity contribution in [2.24, 2.45) is 0 Å². The van der Waals surface area contributed by atoms with Gasteiger partial charge in [-0.2, -0.15) is 5.10 Å². The first-order valence-electron chi connectivity index (χ1n) is 8.47. The highest BCUT2D eigenvalue weighted by Crippen LogP contribution is 2.30. The first kappa shape index (κ1) is 19.6. The number of hydrogen-bond donors (Lipinski definition) is 1. The molecule has 0 fully saturated rings. The maximum absolute atomic E-state index is 13.8. The number of hydrogen-bond acceptors (Lipinski definition) is 4. The SMILES string of the molecule is Cc1nn(CC(=O)Nc2c(F)c(F)c(F)c(F)c2F)c2nccc(-c3ccco3)c12. The normalized spacial score (nSPS) is 11.3. The molecule has 0 unspecified atom stereocenters. The van der Waals surface area contributed by atoms with Crippen LogP contribution in [-0.2, 0) is 11.3 Å². The maximum atomic E-state index is 13.8. The number of rotatable bonds is 4. The minimum atomic E-state index is -2.31. The van der Waals surface area contributed by atoms with E-state index in [4.69, 9.17) is 4.42 Å². The average molecular weight is 422 g/mol. The van der Waals surface area contributed by atoms with Crippen molar-refractivity contribution in [2.45, 2.75) is 13.5 Å². The Hall–Kier alpha value is -3.76. The Morgan fingerprint density at radius 3 is 2.37 bits per heavy atom. The van der Waals surface area contributed by atoms with Crippen LogP contribution in [0.25, 0.3) is 22.4 Å². The first-order chi connectivity index (χ1) is 14.3. The van der Waals surface area contributed by atoms with Gasteiger partial charge in [0.1, 0.15) is 18.0 Å². The molecule has 0 aliphatic carbocycles. The molecule has 0 aliphatic rings. The molecule has 1 aromatic carbocycles. The van der Waals surface area contributed by atoms with Crippen LogP contribution in [0.3, 0.4) is 0 Å². The van der Waals surface area contributed by atoms with Crippen molar-refractivity contribution in [3.05, 3.63) is 65.4 Å². The lowest BCUT2D eigenvalue weighted by Crippen LogP contribution is -2.22. The van der Waals surface area contributed by atoms with E-state index in [1.807, 2.05) is 0 Å². The molecule has 4 rings (SSSR count). The van der Waals surface area contributed by atoms with Crippen LogP contribution in [0.1, 0.15) is 5.69 Å². The van der Waals surface area contributed by atoms with Crippen LogP contribution in [0.15, 0.2) is 35.1 Å². The number of amides is 1. The smallest absolute Gasteiger partial charge is 0.246 e. The Bertz CT molecular complexity index is 1260. The largest absolute Gasteiger partial charge is 0.464 e. The molecule has 154 valence electrons. The summed E-state index contributed by atoms with van der Waals surface area (Å²) in [5, 5.41) is 6.48. The molecule has 30 heavy (non-hydrogen) atoms. The van der Waals surface area contributed by atoms with E-state index in [0.717, 1.165) is 4.68 Å². The second-order valence-corrected chi connectivity index (χ2v) is 6.27. The summed E-state index contributed by atoms with van der Waals surface area (Å²) in [5.74, 6) is -11.4. The molecule has 0 spiro atoms. The van der Waals surface area contributed by atoms with Crippen LogP contribution in [-0.4, -0.2) is 20.7 Å². The number of carbonyl (C=O) groups excluding carboxylic acids is 1. The van der Waals surface area contributed by atoms with Gasteiger partial charge >= 0.3 is 0 Å². The molecule has 0 aliphatic heterocycles. The molecule has 1 N–H and O–H groups in total. The summed E-state index contributed by atoms with van der Waals surface area (Å²) in [4.78, 5) is 16.4. The number of furan rings is 1. The molecule has 0 atom stereocenters. The van der Waals surface area contributed by atoms with Gasteiger partial charge in [0.2, 0.25) is 11.7 Å². The lowest BCUT2D eigenvalue weighted by atomic mass is 10.1. The van der Waals surface area contributed by atoms with Crippen LogP contribution < -0.4 is 5.32 Å². The number of aromatic nitrogens is 3. The maximum Gasteiger partial charge on any atom is 0.246 e. The molecule has 0 bridgehead atoms. The molecule has 0 radical (unpaired) electrons. The van der Waals surface area contributed by atoms with Gasteiger partial charge in [-0.3, -0.25) is 4.79 Å². The van der Waals surface area contributed by atoms with E-state index < -0.39 is 47.2 Å². The van der Waals surface area contributed by atoms with E-state index in [-0.39, 0.29) is 5.65 Å². The van der Waals surface area contributed by atoms with Crippen LogP contribution in [0.2, 0.25) is 0 Å². The number of nitrogens with one attached hydrogen (secondary N) is 1. The number of aryl methyl sites for hydroxylation is 1. The van der Waals surface area contributed by atoms with Crippen molar-refractivity contribution in [3.63, 3.8) is 0 Å². The molecule has 11 heteroatoms. The van der Waals surface area contributed by atoms with Gasteiger partial charge in [0.05, 0.1) is 17.3 Å². The second kappa shape index (κ2) is 7.25. The second-order valence-electron chi connectivity index (χ2n) is 6.27. The zero-order valence-electron chi connectivity index (χ0n) is 15.1. The van der Waals surface area contributed by atoms with Gasteiger partial charge in [0.25, 0.3) is 0 Å². The summed E-state index contributed by atoms with van der Waals surface area (Å²) in [6.07, 6.45) is 2.94. The zero-order valence-corrected chi connectivity index (χ0v) is 15.1. The van der Waals surface area contributed by atoms with Gasteiger partial charge in [-0.1, -0.05) is 0 Å². The van der Waals surface area contributed by atoms with E-state index in [0.29, 0.717) is 22.4 Å². The number of nitrogens with zero attached hydrogens (tertiary/aromatic N) is 3. The minimum absolute atomic E-state index is 0.272. The van der Waals surface area contributed by atoms with Crippen molar-refractivity contribution in [2.75, 3.05) is 5.32 Å². The molecule has 0 saturated carbocycles. The van der Waals surface area contributed by atoms with Crippen molar-refractivity contribution in [1.29, 1.82) is 0 Å². The third-order valence-corrected chi connectivity index (χ3v) is 4.36. The lowest BCUT2D eigenvalue weighted by Gasteiger charge is -2.10. The molecular weight excluding hydrogens is 411 g/mol. The number of benzene rings is 1. The van der Waals surface area contributed by atoms with Crippen molar-refractivity contribution < 1.29 is 31.2 Å². The first-order valence-corrected chi connectivity index (χ1v) is 8.47. The summed E-state index contributed by atoms with van der Waals surface area (Å²) >= 11 is 0. The van der Waals surface area contributed by atoms with Crippen LogP contribution in [0, 0.1) is 36.0 Å². The molecule has 3 heterocycles. The van der Waals surface area contributed by atoms with E-state index in [9.17, 15) is 26.7 Å². The van der Waals surface area contributed by atoms with Gasteiger partial charge in [-0.15, -0.1) is 0 Å². The fourth-order valence-electron chi connectivity index (χ4n) is 3.06. The van der Waals surface area contributed by atoms with E-state index in [1.54, 1.807) is 30.4 Å². The van der Waals surface area contributed by atoms with Crippen LogP contribution in [0.4, 0.5) is 27.6 Å². The summed E-state index contributed by atoms with van der Waals surface area (Å²) < 4.78 is 73.9. The minimum Gasteiger partial charge on any atom is -0.464 e. The Kier molecular flexibility index (Phi) is 4.72. The number of fused-ring (bicyclic) bond motifs is 1. The van der Waals surface area contributed by atoms with Gasteiger partial charge in [-0.05, 0) is 25.1 Å². The molecule has 0 saturated heterocycles. The number of anilines is 1. The highest BCUT2D eigenvalue weighted by Gasteiger charge is 2.27. The topological polar surface area (TPSA) is 73.0 Å². The number of halogens is 5. The number of pyridine rings is 1. The molecule has 3 aromatic heterocycles. The van der Waals surface area contributed by atoms with E-state index in [2.05, 4.69) is 10.1 Å². The fraction of sp³-hybridized carbons (Fsp3) is 0.105. The zero-order chi connectivity index (χ0) is 21.6. The summed E-state index contributed by atoms with van der Waals surface area (Å²) in [6.45, 7) is 1.08. The molecule has 4 aromatic rings. The van der Waals surface area contributed by atoms with Gasteiger partial charge < -0.3 is 9.73 Å². The van der Waals surface area contributed by atoms with E-state index >= 15 is 0 Å². The van der Waals surface area contributed by atoms with Gasteiger partial charge in [0.15, 0.2) is 28.9 Å². The van der Waals surface area contributed by atoms with Crippen molar-refractivity contribution in [3.8, 4) is 11.3 Å². The molecule has 6 nitrogen and oxygen atoms in total. The quantitative estimate of drug-likeness (QED) is 0.302. The van der Waals surface area contributed by atoms with E-state index in [1.165, 1.54) is 12.5 Å². The third-order valence-electron chi connectivity index (χ3n) is 4.36. The Morgan fingerprint density at radius 1 is 1.07 bits per heavy atom. The summed E-state index contributed by atoms with van der Waals surface area (Å²) in [6, 6.07) is 5.11. The number of carbonyl (C=O) groups is 1.